The molecule has 4 saturated carbocycles. The molecule has 21 nitrogen and oxygen atoms in total. The number of hydrogen-bond donors (Lipinski definition) is 0. The van der Waals surface area contributed by atoms with E-state index in [-0.39, 0.29) is 40.3 Å². The summed E-state index contributed by atoms with van der Waals surface area (Å²) in [5.41, 5.74) is -1.32. The molecule has 0 bridgehead atoms. The van der Waals surface area contributed by atoms with Crippen LogP contribution in [0.5, 0.6) is 0 Å². The molecule has 0 spiro atoms. The normalized spacial score (nSPS) is 41.5. The Kier molecular flexibility index (Phi) is 18.9. The third-order valence-electron chi connectivity index (χ3n) is 23.6. The van der Waals surface area contributed by atoms with Crippen LogP contribution in [0.15, 0.2) is 11.6 Å². The van der Waals surface area contributed by atoms with Crippen molar-refractivity contribution in [3.63, 3.8) is 0 Å². The summed E-state index contributed by atoms with van der Waals surface area (Å²) in [5, 5.41) is 0. The quantitative estimate of drug-likeness (QED) is 0.102. The number of fused-ring (bicyclic) bond motifs is 7. The molecule has 9 fully saturated rings. The van der Waals surface area contributed by atoms with E-state index >= 15 is 9.59 Å². The van der Waals surface area contributed by atoms with E-state index in [1.807, 2.05) is 6.08 Å². The highest BCUT2D eigenvalue weighted by atomic mass is 16.8. The molecule has 5 saturated heterocycles. The lowest BCUT2D eigenvalue weighted by Gasteiger charge is -2.70. The first kappa shape index (κ1) is 65.9. The van der Waals surface area contributed by atoms with E-state index in [4.69, 9.17) is 42.6 Å². The lowest BCUT2D eigenvalue weighted by atomic mass is 9.33. The Bertz CT molecular complexity index is 2750. The van der Waals surface area contributed by atoms with Crippen LogP contribution in [0, 0.1) is 50.2 Å². The molecule has 0 aromatic carbocycles. The number of piperidine rings is 3. The van der Waals surface area contributed by atoms with Gasteiger partial charge in [-0.25, -0.2) is 0 Å². The third-order valence-corrected chi connectivity index (χ3v) is 23.6. The minimum Gasteiger partial charge on any atom is -0.455 e. The number of esters is 5. The number of hydrogen-bond acceptors (Lipinski definition) is 18. The van der Waals surface area contributed by atoms with E-state index in [1.165, 1.54) is 5.57 Å². The zero-order valence-corrected chi connectivity index (χ0v) is 54.3. The van der Waals surface area contributed by atoms with Crippen molar-refractivity contribution in [3.8, 4) is 0 Å². The third kappa shape index (κ3) is 12.1. The summed E-state index contributed by atoms with van der Waals surface area (Å²) in [6, 6.07) is 0. The largest absolute Gasteiger partial charge is 0.455 e. The van der Waals surface area contributed by atoms with Crippen molar-refractivity contribution in [2.45, 2.75) is 266 Å². The second kappa shape index (κ2) is 25.2. The maximum Gasteiger partial charge on any atom is 0.303 e. The smallest absolute Gasteiger partial charge is 0.303 e. The van der Waals surface area contributed by atoms with Crippen LogP contribution in [-0.4, -0.2) is 175 Å². The van der Waals surface area contributed by atoms with E-state index in [0.717, 1.165) is 125 Å². The Morgan fingerprint density at radius 1 is 0.489 bits per heavy atom. The highest BCUT2D eigenvalue weighted by Crippen LogP contribution is 2.75. The Hall–Kier alpha value is -4.99. The van der Waals surface area contributed by atoms with E-state index in [2.05, 4.69) is 53.4 Å². The van der Waals surface area contributed by atoms with Gasteiger partial charge in [0.05, 0.1) is 6.10 Å². The molecule has 19 atom stereocenters. The molecular weight excluding hydrogens is 1130 g/mol. The summed E-state index contributed by atoms with van der Waals surface area (Å²) in [6.45, 7) is 24.5. The molecule has 5 heterocycles. The summed E-state index contributed by atoms with van der Waals surface area (Å²) in [5.74, 6) is -5.49. The monoisotopic (exact) mass is 1230 g/mol. The Balaban J connectivity index is 1.02. The van der Waals surface area contributed by atoms with Crippen molar-refractivity contribution in [3.05, 3.63) is 11.6 Å². The number of rotatable bonds is 12. The SMILES string of the molecule is CC(=O)O[C@@H]1[C@@H](O[C@H]2O[C@@H](C(=O)N3CCCCC3)[C@H](OC(C)=O)[C@@H](OC(C)=O)[C@@H]2OC(C)=O)[C@@H](O[C@H]2CC[C@@]3(C)C(CC[C@]4(C)C3C(=O)C=C3[C@H]5C[C@@](C)(C(=O)N6CCCCC6)CC[C@]5(C)CC[C@]34C)C2(C)C)O[C@H](C(=O)N2CCCCC2)[C@H]1OC(C)=O. The first-order valence-electron chi connectivity index (χ1n) is 33.1. The molecular formula is C67H99N3O18. The number of ether oxygens (including phenoxy) is 9. The van der Waals surface area contributed by atoms with Crippen LogP contribution in [0.4, 0.5) is 0 Å². The summed E-state index contributed by atoms with van der Waals surface area (Å²) >= 11 is 0. The summed E-state index contributed by atoms with van der Waals surface area (Å²) in [6.07, 6.45) is -1.15. The zero-order chi connectivity index (χ0) is 63.6. The molecule has 0 aromatic rings. The predicted molar refractivity (Wildman–Crippen MR) is 316 cm³/mol. The lowest BCUT2D eigenvalue weighted by Crippen LogP contribution is -2.70. The van der Waals surface area contributed by atoms with Crippen molar-refractivity contribution >= 4 is 53.4 Å². The zero-order valence-electron chi connectivity index (χ0n) is 54.3. The maximum atomic E-state index is 15.7. The second-order valence-corrected chi connectivity index (χ2v) is 29.7. The number of allylic oxidation sites excluding steroid dienone is 2. The second-order valence-electron chi connectivity index (χ2n) is 29.7. The Labute approximate surface area is 519 Å². The number of amides is 3. The van der Waals surface area contributed by atoms with E-state index in [9.17, 15) is 33.6 Å². The number of carbonyl (C=O) groups excluding carboxylic acids is 9. The van der Waals surface area contributed by atoms with Crippen LogP contribution in [-0.2, 0) is 85.8 Å². The summed E-state index contributed by atoms with van der Waals surface area (Å²) < 4.78 is 57.4. The summed E-state index contributed by atoms with van der Waals surface area (Å²) in [7, 11) is 0. The molecule has 5 aliphatic carbocycles. The highest BCUT2D eigenvalue weighted by Gasteiger charge is 2.71. The standard InChI is InChI=1S/C67H99N3O18/c1-38(71)80-48-50(82-40(3)73)54(84-42(5)75)60(87-53(48)58(78)69-32-18-14-19-33-69)88-55-51(83-41(4)74)49(81-39(2)72)52(57(77)68-30-16-13-17-31-68)86-59(55)85-47-23-24-65(10)46(62(47,6)7)22-25-67(12)56(65)45(76)36-43-44-37-64(9,61(79)70-34-20-15-21-35-70)27-26-63(44,8)28-29-66(43,67)11/h36,44,46-56,59-60H,13-35,37H2,1-12H3/t44-,46?,47+,48-,49+,50-,51+,52+,53-,54+,55-,56?,59+,60-,63-,64+,65+,66-,67-/m1/s1. The predicted octanol–water partition coefficient (Wildman–Crippen LogP) is 7.88. The van der Waals surface area contributed by atoms with Crippen molar-refractivity contribution in [1.82, 2.24) is 14.7 Å². The Morgan fingerprint density at radius 2 is 0.932 bits per heavy atom. The molecule has 10 aliphatic rings. The summed E-state index contributed by atoms with van der Waals surface area (Å²) in [4.78, 5) is 131. The van der Waals surface area contributed by atoms with Crippen molar-refractivity contribution < 1.29 is 85.8 Å². The fourth-order valence-corrected chi connectivity index (χ4v) is 19.0. The van der Waals surface area contributed by atoms with Gasteiger partial charge >= 0.3 is 29.8 Å². The van der Waals surface area contributed by atoms with Gasteiger partial charge in [-0.15, -0.1) is 0 Å². The molecule has 88 heavy (non-hydrogen) atoms. The average Bonchev–Trinajstić information content (AvgIpc) is 0.676. The van der Waals surface area contributed by atoms with E-state index < -0.39 is 131 Å². The van der Waals surface area contributed by atoms with Crippen molar-refractivity contribution in [2.75, 3.05) is 39.3 Å². The van der Waals surface area contributed by atoms with Crippen LogP contribution in [0.3, 0.4) is 0 Å². The number of carbonyl (C=O) groups is 9. The van der Waals surface area contributed by atoms with Crippen LogP contribution in [0.1, 0.15) is 199 Å². The van der Waals surface area contributed by atoms with Gasteiger partial charge in [-0.3, -0.25) is 43.2 Å². The first-order valence-corrected chi connectivity index (χ1v) is 33.1. The molecule has 10 rings (SSSR count). The number of ketones is 1. The van der Waals surface area contributed by atoms with Crippen molar-refractivity contribution in [2.24, 2.45) is 50.2 Å². The van der Waals surface area contributed by atoms with E-state index in [0.29, 0.717) is 64.7 Å². The molecule has 0 radical (unpaired) electrons. The fourth-order valence-electron chi connectivity index (χ4n) is 19.0. The molecule has 5 aliphatic heterocycles. The van der Waals surface area contributed by atoms with Crippen molar-refractivity contribution in [1.29, 1.82) is 0 Å². The van der Waals surface area contributed by atoms with Crippen LogP contribution < -0.4 is 0 Å². The van der Waals surface area contributed by atoms with Gasteiger partial charge in [-0.2, -0.15) is 0 Å². The lowest BCUT2D eigenvalue weighted by molar-refractivity contribution is -0.371. The number of likely N-dealkylation sites (tertiary alicyclic amines) is 3. The van der Waals surface area contributed by atoms with Gasteiger partial charge in [0.1, 0.15) is 0 Å². The molecule has 3 amide bonds. The van der Waals surface area contributed by atoms with Crippen LogP contribution >= 0.6 is 0 Å². The Morgan fingerprint density at radius 3 is 1.43 bits per heavy atom. The van der Waals surface area contributed by atoms with Gasteiger partial charge in [-0.1, -0.05) is 54.0 Å². The molecule has 2 unspecified atom stereocenters. The van der Waals surface area contributed by atoms with Gasteiger partial charge in [0.15, 0.2) is 67.2 Å². The van der Waals surface area contributed by atoms with Crippen LogP contribution in [0.2, 0.25) is 0 Å². The minimum atomic E-state index is -1.91. The molecule has 0 N–H and O–H groups in total. The first-order chi connectivity index (χ1) is 41.5. The number of nitrogens with zero attached hydrogens (tertiary/aromatic N) is 3. The highest BCUT2D eigenvalue weighted by molar-refractivity contribution is 5.96. The van der Waals surface area contributed by atoms with E-state index in [1.54, 1.807) is 9.80 Å². The van der Waals surface area contributed by atoms with Gasteiger partial charge in [0.25, 0.3) is 11.8 Å². The fraction of sp³-hybridized carbons (Fsp3) is 0.836. The topological polar surface area (TPSA) is 246 Å². The van der Waals surface area contributed by atoms with Gasteiger partial charge in [0, 0.05) is 85.2 Å². The molecule has 0 aromatic heterocycles. The van der Waals surface area contributed by atoms with Crippen LogP contribution in [0.25, 0.3) is 0 Å². The van der Waals surface area contributed by atoms with Gasteiger partial charge in [-0.05, 0) is 161 Å². The van der Waals surface area contributed by atoms with Gasteiger partial charge in [0.2, 0.25) is 5.91 Å². The molecule has 21 heteroatoms. The maximum absolute atomic E-state index is 15.7. The average molecular weight is 1230 g/mol. The molecule has 490 valence electrons. The minimum absolute atomic E-state index is 0.0328. The van der Waals surface area contributed by atoms with Gasteiger partial charge < -0.3 is 57.3 Å².